The largest absolute Gasteiger partial charge is 0.480 e. The molecule has 1 atom stereocenters. The second kappa shape index (κ2) is 6.19. The van der Waals surface area contributed by atoms with Crippen LogP contribution in [0.1, 0.15) is 11.8 Å². The van der Waals surface area contributed by atoms with Crippen LogP contribution < -0.4 is 4.90 Å². The topological polar surface area (TPSA) is 56.9 Å². The van der Waals surface area contributed by atoms with Crippen LogP contribution in [-0.2, 0) is 4.79 Å². The number of piperazine rings is 1. The van der Waals surface area contributed by atoms with E-state index in [0.717, 1.165) is 5.69 Å². The Bertz CT molecular complexity index is 619. The van der Waals surface area contributed by atoms with Crippen LogP contribution in [0.25, 0.3) is 0 Å². The van der Waals surface area contributed by atoms with Crippen LogP contribution in [0.4, 0.5) is 10.1 Å². The van der Waals surface area contributed by atoms with Crippen molar-refractivity contribution in [2.45, 2.75) is 6.04 Å². The summed E-state index contributed by atoms with van der Waals surface area (Å²) in [5.74, 6) is -0.723. The summed E-state index contributed by atoms with van der Waals surface area (Å²) >= 11 is 0. The van der Waals surface area contributed by atoms with Crippen LogP contribution in [0.5, 0.6) is 0 Å². The van der Waals surface area contributed by atoms with Crippen molar-refractivity contribution in [2.24, 2.45) is 0 Å². The molecule has 1 aromatic carbocycles. The van der Waals surface area contributed by atoms with Crippen LogP contribution >= 0.6 is 0 Å². The molecule has 1 aliphatic rings. The summed E-state index contributed by atoms with van der Waals surface area (Å²) in [6.07, 6.45) is 1.49. The van der Waals surface area contributed by atoms with Gasteiger partial charge in [-0.1, -0.05) is 0 Å². The summed E-state index contributed by atoms with van der Waals surface area (Å²) in [7, 11) is 0. The van der Waals surface area contributed by atoms with Crippen molar-refractivity contribution in [1.82, 2.24) is 4.90 Å². The van der Waals surface area contributed by atoms with Crippen molar-refractivity contribution < 1.29 is 18.7 Å². The number of hydrogen-bond donors (Lipinski definition) is 1. The van der Waals surface area contributed by atoms with Gasteiger partial charge in [0.05, 0.1) is 6.26 Å². The predicted octanol–water partition coefficient (Wildman–Crippen LogP) is 2.37. The molecule has 0 bridgehead atoms. The summed E-state index contributed by atoms with van der Waals surface area (Å²) < 4.78 is 18.2. The van der Waals surface area contributed by atoms with Crippen LogP contribution in [0.2, 0.25) is 0 Å². The first-order chi connectivity index (χ1) is 10.6. The van der Waals surface area contributed by atoms with Gasteiger partial charge in [0.1, 0.15) is 11.6 Å². The van der Waals surface area contributed by atoms with Crippen molar-refractivity contribution in [1.29, 1.82) is 0 Å². The number of furan rings is 1. The van der Waals surface area contributed by atoms with Gasteiger partial charge in [0, 0.05) is 31.9 Å². The molecule has 1 unspecified atom stereocenters. The molecule has 1 aliphatic heterocycles. The molecule has 5 nitrogen and oxygen atoms in total. The Kier molecular flexibility index (Phi) is 4.11. The van der Waals surface area contributed by atoms with Crippen molar-refractivity contribution in [3.05, 3.63) is 54.2 Å². The highest BCUT2D eigenvalue weighted by Crippen LogP contribution is 2.25. The van der Waals surface area contributed by atoms with E-state index in [0.29, 0.717) is 31.9 Å². The number of carboxylic acid groups (broad SMARTS) is 1. The van der Waals surface area contributed by atoms with Crippen LogP contribution in [0, 0.1) is 5.82 Å². The fourth-order valence-corrected chi connectivity index (χ4v) is 2.79. The maximum Gasteiger partial charge on any atom is 0.328 e. The highest BCUT2D eigenvalue weighted by atomic mass is 19.1. The zero-order chi connectivity index (χ0) is 15.5. The Balaban J connectivity index is 1.68. The summed E-state index contributed by atoms with van der Waals surface area (Å²) in [6, 6.07) is 8.98. The number of carbonyl (C=O) groups is 1. The quantitative estimate of drug-likeness (QED) is 0.940. The van der Waals surface area contributed by atoms with Crippen molar-refractivity contribution >= 4 is 11.7 Å². The number of benzene rings is 1. The number of nitrogens with zero attached hydrogens (tertiary/aromatic N) is 2. The fourth-order valence-electron chi connectivity index (χ4n) is 2.79. The molecule has 3 rings (SSSR count). The molecule has 1 fully saturated rings. The molecule has 0 spiro atoms. The van der Waals surface area contributed by atoms with E-state index < -0.39 is 12.0 Å². The minimum absolute atomic E-state index is 0.258. The first-order valence-electron chi connectivity index (χ1n) is 7.16. The van der Waals surface area contributed by atoms with E-state index in [1.807, 2.05) is 4.90 Å². The van der Waals surface area contributed by atoms with E-state index in [1.54, 1.807) is 24.3 Å². The first-order valence-corrected chi connectivity index (χ1v) is 7.16. The highest BCUT2D eigenvalue weighted by Gasteiger charge is 2.32. The minimum Gasteiger partial charge on any atom is -0.480 e. The van der Waals surface area contributed by atoms with E-state index in [1.165, 1.54) is 18.4 Å². The van der Waals surface area contributed by atoms with Crippen LogP contribution in [0.3, 0.4) is 0 Å². The third-order valence-corrected chi connectivity index (χ3v) is 3.92. The monoisotopic (exact) mass is 304 g/mol. The van der Waals surface area contributed by atoms with Gasteiger partial charge >= 0.3 is 5.97 Å². The lowest BCUT2D eigenvalue weighted by atomic mass is 10.1. The number of hydrogen-bond acceptors (Lipinski definition) is 4. The Morgan fingerprint density at radius 2 is 1.82 bits per heavy atom. The second-order valence-electron chi connectivity index (χ2n) is 5.26. The third kappa shape index (κ3) is 2.96. The molecule has 0 saturated carbocycles. The number of carboxylic acids is 1. The van der Waals surface area contributed by atoms with Gasteiger partial charge in [-0.25, -0.2) is 4.39 Å². The normalized spacial score (nSPS) is 17.4. The molecular formula is C16H17FN2O3. The average Bonchev–Trinajstić information content (AvgIpc) is 3.03. The Morgan fingerprint density at radius 1 is 1.14 bits per heavy atom. The molecule has 1 N–H and O–H groups in total. The molecule has 22 heavy (non-hydrogen) atoms. The van der Waals surface area contributed by atoms with Gasteiger partial charge in [-0.05, 0) is 36.4 Å². The van der Waals surface area contributed by atoms with Crippen molar-refractivity contribution in [2.75, 3.05) is 31.1 Å². The maximum absolute atomic E-state index is 13.0. The molecule has 0 radical (unpaired) electrons. The van der Waals surface area contributed by atoms with E-state index in [9.17, 15) is 14.3 Å². The molecule has 116 valence electrons. The van der Waals surface area contributed by atoms with E-state index in [4.69, 9.17) is 4.42 Å². The lowest BCUT2D eigenvalue weighted by Crippen LogP contribution is -2.49. The summed E-state index contributed by atoms with van der Waals surface area (Å²) in [4.78, 5) is 15.5. The van der Waals surface area contributed by atoms with Gasteiger partial charge in [-0.2, -0.15) is 0 Å². The van der Waals surface area contributed by atoms with Crippen molar-refractivity contribution in [3.63, 3.8) is 0 Å². The zero-order valence-corrected chi connectivity index (χ0v) is 12.0. The van der Waals surface area contributed by atoms with Gasteiger partial charge in [0.15, 0.2) is 6.04 Å². The number of aliphatic carboxylic acids is 1. The summed E-state index contributed by atoms with van der Waals surface area (Å²) in [6.45, 7) is 2.59. The smallest absolute Gasteiger partial charge is 0.328 e. The highest BCUT2D eigenvalue weighted by molar-refractivity contribution is 5.74. The van der Waals surface area contributed by atoms with Crippen LogP contribution in [0.15, 0.2) is 47.1 Å². The molecule has 0 amide bonds. The van der Waals surface area contributed by atoms with E-state index >= 15 is 0 Å². The average molecular weight is 304 g/mol. The van der Waals surface area contributed by atoms with E-state index in [2.05, 4.69) is 4.90 Å². The van der Waals surface area contributed by atoms with Gasteiger partial charge in [-0.3, -0.25) is 9.69 Å². The number of halogens is 1. The fraction of sp³-hybridized carbons (Fsp3) is 0.312. The lowest BCUT2D eigenvalue weighted by molar-refractivity contribution is -0.144. The predicted molar refractivity (Wildman–Crippen MR) is 79.3 cm³/mol. The lowest BCUT2D eigenvalue weighted by Gasteiger charge is -2.38. The van der Waals surface area contributed by atoms with Gasteiger partial charge in [-0.15, -0.1) is 0 Å². The summed E-state index contributed by atoms with van der Waals surface area (Å²) in [5.41, 5.74) is 0.950. The molecular weight excluding hydrogens is 287 g/mol. The summed E-state index contributed by atoms with van der Waals surface area (Å²) in [5, 5.41) is 9.45. The molecule has 6 heteroatoms. The van der Waals surface area contributed by atoms with Gasteiger partial charge < -0.3 is 14.4 Å². The van der Waals surface area contributed by atoms with Crippen LogP contribution in [-0.4, -0.2) is 42.2 Å². The SMILES string of the molecule is O=C(O)C(c1ccco1)N1CCN(c2ccc(F)cc2)CC1. The number of rotatable bonds is 4. The Morgan fingerprint density at radius 3 is 2.36 bits per heavy atom. The maximum atomic E-state index is 13.0. The molecule has 2 heterocycles. The first kappa shape index (κ1) is 14.6. The molecule has 2 aromatic rings. The van der Waals surface area contributed by atoms with E-state index in [-0.39, 0.29) is 5.82 Å². The molecule has 0 aliphatic carbocycles. The Labute approximate surface area is 127 Å². The standard InChI is InChI=1S/C16H17FN2O3/c17-12-3-5-13(6-4-12)18-7-9-19(10-8-18)15(16(20)21)14-2-1-11-22-14/h1-6,11,15H,7-10H2,(H,20,21). The second-order valence-corrected chi connectivity index (χ2v) is 5.26. The zero-order valence-electron chi connectivity index (χ0n) is 12.0. The third-order valence-electron chi connectivity index (χ3n) is 3.92. The van der Waals surface area contributed by atoms with Gasteiger partial charge in [0.25, 0.3) is 0 Å². The molecule has 1 aromatic heterocycles. The number of anilines is 1. The van der Waals surface area contributed by atoms with Crippen molar-refractivity contribution in [3.8, 4) is 0 Å². The minimum atomic E-state index is -0.912. The molecule has 1 saturated heterocycles. The van der Waals surface area contributed by atoms with Gasteiger partial charge in [0.2, 0.25) is 0 Å². The Hall–Kier alpha value is -2.34.